The molecular weight excluding hydrogens is 250 g/mol. The summed E-state index contributed by atoms with van der Waals surface area (Å²) in [7, 11) is 0. The molecule has 7 heteroatoms. The first-order chi connectivity index (χ1) is 9.20. The van der Waals surface area contributed by atoms with Crippen LogP contribution in [-0.4, -0.2) is 78.9 Å². The maximum Gasteiger partial charge on any atom is 0.416 e. The molecule has 1 unspecified atom stereocenters. The van der Waals surface area contributed by atoms with Crippen LogP contribution in [0.5, 0.6) is 0 Å². The Bertz CT molecular complexity index is 331. The number of hydrogen-bond donors (Lipinski definition) is 2. The van der Waals surface area contributed by atoms with Crippen molar-refractivity contribution in [2.24, 2.45) is 0 Å². The largest absolute Gasteiger partial charge is 0.447 e. The molecule has 0 bridgehead atoms. The summed E-state index contributed by atoms with van der Waals surface area (Å²) in [5.74, 6) is -0.256. The molecule has 0 saturated carbocycles. The predicted molar refractivity (Wildman–Crippen MR) is 67.6 cm³/mol. The quantitative estimate of drug-likeness (QED) is 0.645. The first-order valence-electron chi connectivity index (χ1n) is 6.74. The molecule has 7 nitrogen and oxygen atoms in total. The van der Waals surface area contributed by atoms with Crippen molar-refractivity contribution in [1.82, 2.24) is 15.1 Å². The molecule has 0 spiro atoms. The van der Waals surface area contributed by atoms with Crippen molar-refractivity contribution in [3.8, 4) is 0 Å². The van der Waals surface area contributed by atoms with Crippen molar-refractivity contribution in [3.05, 3.63) is 0 Å². The van der Waals surface area contributed by atoms with Gasteiger partial charge in [0.25, 0.3) is 0 Å². The minimum atomic E-state index is -0.562. The topological polar surface area (TPSA) is 82.1 Å². The van der Waals surface area contributed by atoms with Crippen LogP contribution < -0.4 is 5.32 Å². The minimum Gasteiger partial charge on any atom is -0.447 e. The predicted octanol–water partition coefficient (Wildman–Crippen LogP) is -0.988. The van der Waals surface area contributed by atoms with E-state index < -0.39 is 6.09 Å². The van der Waals surface area contributed by atoms with Crippen molar-refractivity contribution < 1.29 is 19.4 Å². The third-order valence-corrected chi connectivity index (χ3v) is 3.48. The van der Waals surface area contributed by atoms with E-state index in [4.69, 9.17) is 9.84 Å². The molecule has 2 heterocycles. The average molecular weight is 271 g/mol. The molecule has 0 aromatic rings. The Morgan fingerprint density at radius 3 is 3.00 bits per heavy atom. The maximum atomic E-state index is 12.0. The molecule has 2 saturated heterocycles. The van der Waals surface area contributed by atoms with E-state index in [1.165, 1.54) is 0 Å². The summed E-state index contributed by atoms with van der Waals surface area (Å²) in [4.78, 5) is 26.3. The molecule has 2 aliphatic rings. The van der Waals surface area contributed by atoms with Crippen LogP contribution in [0.25, 0.3) is 0 Å². The number of carbonyl (C=O) groups excluding carboxylic acids is 2. The monoisotopic (exact) mass is 271 g/mol. The lowest BCUT2D eigenvalue weighted by molar-refractivity contribution is -0.129. The van der Waals surface area contributed by atoms with Crippen LogP contribution in [0.4, 0.5) is 4.79 Å². The van der Waals surface area contributed by atoms with Crippen molar-refractivity contribution in [2.75, 3.05) is 45.9 Å². The summed E-state index contributed by atoms with van der Waals surface area (Å²) in [5.41, 5.74) is 0. The van der Waals surface area contributed by atoms with Gasteiger partial charge < -0.3 is 15.2 Å². The van der Waals surface area contributed by atoms with Gasteiger partial charge in [0.15, 0.2) is 0 Å². The van der Waals surface area contributed by atoms with Crippen molar-refractivity contribution in [2.45, 2.75) is 18.9 Å². The Morgan fingerprint density at radius 2 is 2.42 bits per heavy atom. The van der Waals surface area contributed by atoms with Gasteiger partial charge in [-0.2, -0.15) is 0 Å². The first kappa shape index (κ1) is 14.2. The highest BCUT2D eigenvalue weighted by molar-refractivity contribution is 5.94. The lowest BCUT2D eigenvalue weighted by atomic mass is 10.2. The smallest absolute Gasteiger partial charge is 0.416 e. The van der Waals surface area contributed by atoms with Crippen LogP contribution in [-0.2, 0) is 9.53 Å². The summed E-state index contributed by atoms with van der Waals surface area (Å²) >= 11 is 0. The van der Waals surface area contributed by atoms with Crippen molar-refractivity contribution in [3.63, 3.8) is 0 Å². The number of nitrogens with one attached hydrogen (secondary N) is 1. The van der Waals surface area contributed by atoms with Crippen LogP contribution in [0, 0.1) is 0 Å². The van der Waals surface area contributed by atoms with Gasteiger partial charge in [-0.05, 0) is 19.4 Å². The standard InChI is InChI=1S/C12H21N3O4/c16-6-4-14(8-10-2-1-3-13-10)9-11(17)15-5-7-19-12(15)18/h10,13,16H,1-9H2. The number of carbonyl (C=O) groups is 2. The van der Waals surface area contributed by atoms with Crippen molar-refractivity contribution >= 4 is 12.0 Å². The second kappa shape index (κ2) is 6.83. The molecule has 2 aliphatic heterocycles. The zero-order chi connectivity index (χ0) is 13.7. The fourth-order valence-electron chi connectivity index (χ4n) is 2.50. The Labute approximate surface area is 112 Å². The molecule has 108 valence electrons. The number of imide groups is 1. The summed E-state index contributed by atoms with van der Waals surface area (Å²) in [6, 6.07) is 0.366. The van der Waals surface area contributed by atoms with Gasteiger partial charge in [-0.15, -0.1) is 0 Å². The molecule has 0 aliphatic carbocycles. The van der Waals surface area contributed by atoms with E-state index in [9.17, 15) is 9.59 Å². The fourth-order valence-corrected chi connectivity index (χ4v) is 2.50. The normalized spacial score (nSPS) is 23.2. The number of nitrogens with zero attached hydrogens (tertiary/aromatic N) is 2. The Hall–Kier alpha value is -1.18. The van der Waals surface area contributed by atoms with Crippen LogP contribution >= 0.6 is 0 Å². The molecule has 2 N–H and O–H groups in total. The molecule has 19 heavy (non-hydrogen) atoms. The van der Waals surface area contributed by atoms with Gasteiger partial charge in [0.1, 0.15) is 6.61 Å². The second-order valence-electron chi connectivity index (χ2n) is 4.91. The Kier molecular flexibility index (Phi) is 5.12. The summed E-state index contributed by atoms with van der Waals surface area (Å²) in [5, 5.41) is 12.4. The molecular formula is C12H21N3O4. The molecule has 0 radical (unpaired) electrons. The highest BCUT2D eigenvalue weighted by Gasteiger charge is 2.30. The molecule has 2 fully saturated rings. The second-order valence-corrected chi connectivity index (χ2v) is 4.91. The average Bonchev–Trinajstić information content (AvgIpc) is 3.00. The fraction of sp³-hybridized carbons (Fsp3) is 0.833. The third kappa shape index (κ3) is 3.89. The number of hydrogen-bond acceptors (Lipinski definition) is 6. The van der Waals surface area contributed by atoms with E-state index in [2.05, 4.69) is 5.32 Å². The van der Waals surface area contributed by atoms with Crippen LogP contribution in [0.15, 0.2) is 0 Å². The Morgan fingerprint density at radius 1 is 1.58 bits per heavy atom. The maximum absolute atomic E-state index is 12.0. The molecule has 0 aromatic carbocycles. The summed E-state index contributed by atoms with van der Waals surface area (Å²) in [6.45, 7) is 2.91. The molecule has 2 amide bonds. The van der Waals surface area contributed by atoms with Gasteiger partial charge in [0.05, 0.1) is 19.7 Å². The van der Waals surface area contributed by atoms with Crippen LogP contribution in [0.1, 0.15) is 12.8 Å². The van der Waals surface area contributed by atoms with Crippen molar-refractivity contribution in [1.29, 1.82) is 0 Å². The van der Waals surface area contributed by atoms with E-state index in [0.29, 0.717) is 19.1 Å². The molecule has 0 aromatic heterocycles. The number of cyclic esters (lactones) is 1. The van der Waals surface area contributed by atoms with Crippen LogP contribution in [0.3, 0.4) is 0 Å². The van der Waals surface area contributed by atoms with Gasteiger partial charge in [0, 0.05) is 19.1 Å². The highest BCUT2D eigenvalue weighted by atomic mass is 16.6. The van der Waals surface area contributed by atoms with E-state index in [-0.39, 0.29) is 25.7 Å². The summed E-state index contributed by atoms with van der Waals surface area (Å²) in [6.07, 6.45) is 1.67. The van der Waals surface area contributed by atoms with Gasteiger partial charge in [-0.25, -0.2) is 9.69 Å². The lowest BCUT2D eigenvalue weighted by Gasteiger charge is -2.25. The highest BCUT2D eigenvalue weighted by Crippen LogP contribution is 2.09. The van der Waals surface area contributed by atoms with Gasteiger partial charge in [-0.3, -0.25) is 9.69 Å². The van der Waals surface area contributed by atoms with E-state index in [0.717, 1.165) is 30.8 Å². The Balaban J connectivity index is 1.84. The summed E-state index contributed by atoms with van der Waals surface area (Å²) < 4.78 is 4.75. The number of amides is 2. The number of aliphatic hydroxyl groups excluding tert-OH is 1. The third-order valence-electron chi connectivity index (χ3n) is 3.48. The zero-order valence-electron chi connectivity index (χ0n) is 11.0. The van der Waals surface area contributed by atoms with Gasteiger partial charge in [-0.1, -0.05) is 0 Å². The lowest BCUT2D eigenvalue weighted by Crippen LogP contribution is -2.45. The SMILES string of the molecule is O=C(CN(CCO)CC1CCCN1)N1CCOC1=O. The molecule has 1 atom stereocenters. The van der Waals surface area contributed by atoms with E-state index in [1.54, 1.807) is 0 Å². The number of ether oxygens (including phenoxy) is 1. The van der Waals surface area contributed by atoms with E-state index >= 15 is 0 Å². The van der Waals surface area contributed by atoms with Gasteiger partial charge in [0.2, 0.25) is 5.91 Å². The first-order valence-corrected chi connectivity index (χ1v) is 6.74. The minimum absolute atomic E-state index is 0.00441. The van der Waals surface area contributed by atoms with Gasteiger partial charge >= 0.3 is 6.09 Å². The molecule has 2 rings (SSSR count). The number of rotatable bonds is 6. The number of aliphatic hydroxyl groups is 1. The zero-order valence-corrected chi connectivity index (χ0v) is 11.0. The van der Waals surface area contributed by atoms with E-state index in [1.807, 2.05) is 4.90 Å². The van der Waals surface area contributed by atoms with Crippen LogP contribution in [0.2, 0.25) is 0 Å².